The lowest BCUT2D eigenvalue weighted by Crippen LogP contribution is -2.48. The summed E-state index contributed by atoms with van der Waals surface area (Å²) in [5.41, 5.74) is 0.112. The van der Waals surface area contributed by atoms with Crippen molar-refractivity contribution in [3.63, 3.8) is 0 Å². The first kappa shape index (κ1) is 20.1. The number of rotatable bonds is 6. The first-order chi connectivity index (χ1) is 12.4. The lowest BCUT2D eigenvalue weighted by atomic mass is 10.0. The van der Waals surface area contributed by atoms with Crippen LogP contribution in [0.15, 0.2) is 24.3 Å². The fraction of sp³-hybridized carbons (Fsp3) is 0.600. The first-order valence-corrected chi connectivity index (χ1v) is 9.22. The molecule has 0 aromatic heterocycles. The largest absolute Gasteiger partial charge is 0.494 e. The van der Waals surface area contributed by atoms with E-state index in [1.807, 2.05) is 25.7 Å². The van der Waals surface area contributed by atoms with Gasteiger partial charge < -0.3 is 19.7 Å². The van der Waals surface area contributed by atoms with Crippen LogP contribution in [-0.4, -0.2) is 48.9 Å². The summed E-state index contributed by atoms with van der Waals surface area (Å²) in [5.74, 6) is 0.731. The molecule has 0 atom stereocenters. The number of benzene rings is 1. The van der Waals surface area contributed by atoms with Crippen molar-refractivity contribution in [3.05, 3.63) is 29.8 Å². The maximum Gasteiger partial charge on any atom is 0.410 e. The van der Waals surface area contributed by atoms with Crippen molar-refractivity contribution < 1.29 is 14.3 Å². The predicted octanol–water partition coefficient (Wildman–Crippen LogP) is 3.32. The average molecular weight is 359 g/mol. The zero-order valence-electron chi connectivity index (χ0n) is 16.0. The highest BCUT2D eigenvalue weighted by molar-refractivity contribution is 5.68. The smallest absolute Gasteiger partial charge is 0.410 e. The van der Waals surface area contributed by atoms with Gasteiger partial charge in [0.1, 0.15) is 11.4 Å². The number of nitriles is 1. The number of nitrogens with zero attached hydrogens (tertiary/aromatic N) is 2. The Morgan fingerprint density at radius 1 is 1.27 bits per heavy atom. The Kier molecular flexibility index (Phi) is 7.28. The summed E-state index contributed by atoms with van der Waals surface area (Å²) < 4.78 is 11.3. The fourth-order valence-electron chi connectivity index (χ4n) is 2.91. The molecule has 1 fully saturated rings. The maximum absolute atomic E-state index is 12.6. The van der Waals surface area contributed by atoms with Crippen molar-refractivity contribution in [2.75, 3.05) is 26.2 Å². The molecule has 0 saturated carbocycles. The minimum absolute atomic E-state index is 0.209. The maximum atomic E-state index is 12.6. The van der Waals surface area contributed by atoms with E-state index in [0.717, 1.165) is 38.1 Å². The topological polar surface area (TPSA) is 74.6 Å². The predicted molar refractivity (Wildman–Crippen MR) is 100 cm³/mol. The van der Waals surface area contributed by atoms with E-state index in [0.29, 0.717) is 18.7 Å². The van der Waals surface area contributed by atoms with Crippen LogP contribution < -0.4 is 10.1 Å². The third-order valence-corrected chi connectivity index (χ3v) is 4.17. The molecular formula is C20H29N3O3. The number of carbonyl (C=O) groups excluding carboxylic acids is 1. The van der Waals surface area contributed by atoms with Gasteiger partial charge in [0, 0.05) is 12.6 Å². The number of piperidine rings is 1. The van der Waals surface area contributed by atoms with Crippen molar-refractivity contribution >= 4 is 6.09 Å². The van der Waals surface area contributed by atoms with E-state index in [9.17, 15) is 4.79 Å². The van der Waals surface area contributed by atoms with E-state index in [2.05, 4.69) is 11.4 Å². The molecule has 1 N–H and O–H groups in total. The number of hydrogen-bond donors (Lipinski definition) is 1. The normalized spacial score (nSPS) is 15.2. The van der Waals surface area contributed by atoms with Crippen molar-refractivity contribution in [2.45, 2.75) is 51.7 Å². The van der Waals surface area contributed by atoms with Crippen LogP contribution in [0.4, 0.5) is 4.79 Å². The van der Waals surface area contributed by atoms with Gasteiger partial charge in [-0.05, 0) is 77.4 Å². The molecule has 1 amide bonds. The van der Waals surface area contributed by atoms with E-state index in [1.165, 1.54) is 0 Å². The van der Waals surface area contributed by atoms with Crippen molar-refractivity contribution in [2.24, 2.45) is 0 Å². The van der Waals surface area contributed by atoms with Crippen LogP contribution in [0.25, 0.3) is 0 Å². The van der Waals surface area contributed by atoms with Crippen molar-refractivity contribution in [1.82, 2.24) is 10.2 Å². The van der Waals surface area contributed by atoms with E-state index >= 15 is 0 Å². The summed E-state index contributed by atoms with van der Waals surface area (Å²) in [5, 5.41) is 12.1. The molecule has 6 heteroatoms. The lowest BCUT2D eigenvalue weighted by molar-refractivity contribution is 0.0119. The molecule has 1 aromatic carbocycles. The Morgan fingerprint density at radius 2 is 1.92 bits per heavy atom. The summed E-state index contributed by atoms with van der Waals surface area (Å²) >= 11 is 0. The van der Waals surface area contributed by atoms with Crippen LogP contribution in [0.2, 0.25) is 0 Å². The standard InChI is InChI=1S/C20H29N3O3/c1-20(2,3)26-19(24)23(17-9-11-22-12-10-17)13-4-14-25-18-7-5-16(15-21)6-8-18/h5-8,17,22H,4,9-14H2,1-3H3. The molecule has 1 saturated heterocycles. The van der Waals surface area contributed by atoms with Gasteiger partial charge in [-0.3, -0.25) is 0 Å². The molecule has 6 nitrogen and oxygen atoms in total. The molecule has 0 bridgehead atoms. The molecule has 26 heavy (non-hydrogen) atoms. The third-order valence-electron chi connectivity index (χ3n) is 4.17. The van der Waals surface area contributed by atoms with Gasteiger partial charge in [-0.15, -0.1) is 0 Å². The zero-order valence-corrected chi connectivity index (χ0v) is 16.0. The van der Waals surface area contributed by atoms with Crippen molar-refractivity contribution in [3.8, 4) is 11.8 Å². The Hall–Kier alpha value is -2.26. The second-order valence-corrected chi connectivity index (χ2v) is 7.49. The highest BCUT2D eigenvalue weighted by Crippen LogP contribution is 2.18. The summed E-state index contributed by atoms with van der Waals surface area (Å²) in [7, 11) is 0. The van der Waals surface area contributed by atoms with E-state index < -0.39 is 5.60 Å². The van der Waals surface area contributed by atoms with Gasteiger partial charge in [0.05, 0.1) is 18.2 Å². The third kappa shape index (κ3) is 6.57. The number of amides is 1. The van der Waals surface area contributed by atoms with Crippen LogP contribution in [0.1, 0.15) is 45.6 Å². The number of hydrogen-bond acceptors (Lipinski definition) is 5. The van der Waals surface area contributed by atoms with Crippen LogP contribution >= 0.6 is 0 Å². The molecule has 0 spiro atoms. The average Bonchev–Trinajstić information content (AvgIpc) is 2.61. The van der Waals surface area contributed by atoms with Gasteiger partial charge in [-0.2, -0.15) is 5.26 Å². The highest BCUT2D eigenvalue weighted by atomic mass is 16.6. The fourth-order valence-corrected chi connectivity index (χ4v) is 2.91. The van der Waals surface area contributed by atoms with Gasteiger partial charge in [0.25, 0.3) is 0 Å². The van der Waals surface area contributed by atoms with Gasteiger partial charge in [0.2, 0.25) is 0 Å². The number of nitrogens with one attached hydrogen (secondary N) is 1. The minimum atomic E-state index is -0.499. The summed E-state index contributed by atoms with van der Waals surface area (Å²) in [6.07, 6.45) is 2.36. The number of carbonyl (C=O) groups is 1. The second-order valence-electron chi connectivity index (χ2n) is 7.49. The molecule has 0 radical (unpaired) electrons. The lowest BCUT2D eigenvalue weighted by Gasteiger charge is -2.35. The van der Waals surface area contributed by atoms with Gasteiger partial charge >= 0.3 is 6.09 Å². The molecule has 0 unspecified atom stereocenters. The summed E-state index contributed by atoms with van der Waals surface area (Å²) in [6.45, 7) is 8.63. The molecule has 1 aromatic rings. The Balaban J connectivity index is 1.86. The molecule has 1 aliphatic heterocycles. The Morgan fingerprint density at radius 3 is 2.50 bits per heavy atom. The monoisotopic (exact) mass is 359 g/mol. The van der Waals surface area contributed by atoms with Crippen molar-refractivity contribution in [1.29, 1.82) is 5.26 Å². The molecular weight excluding hydrogens is 330 g/mol. The van der Waals surface area contributed by atoms with Gasteiger partial charge in [-0.25, -0.2) is 4.79 Å². The molecule has 142 valence electrons. The van der Waals surface area contributed by atoms with Crippen LogP contribution in [0, 0.1) is 11.3 Å². The molecule has 2 rings (SSSR count). The summed E-state index contributed by atoms with van der Waals surface area (Å²) in [6, 6.07) is 9.34. The Bertz CT molecular complexity index is 611. The van der Waals surface area contributed by atoms with E-state index in [4.69, 9.17) is 14.7 Å². The van der Waals surface area contributed by atoms with Gasteiger partial charge in [-0.1, -0.05) is 0 Å². The van der Waals surface area contributed by atoms with Crippen LogP contribution in [-0.2, 0) is 4.74 Å². The molecule has 1 aliphatic rings. The number of ether oxygens (including phenoxy) is 2. The quantitative estimate of drug-likeness (QED) is 0.789. The Labute approximate surface area is 156 Å². The van der Waals surface area contributed by atoms with E-state index in [-0.39, 0.29) is 12.1 Å². The zero-order chi connectivity index (χ0) is 19.0. The SMILES string of the molecule is CC(C)(C)OC(=O)N(CCCOc1ccc(C#N)cc1)C1CCNCC1. The molecule has 1 heterocycles. The molecule has 0 aliphatic carbocycles. The second kappa shape index (κ2) is 9.44. The van der Waals surface area contributed by atoms with Gasteiger partial charge in [0.15, 0.2) is 0 Å². The van der Waals surface area contributed by atoms with Crippen LogP contribution in [0.5, 0.6) is 5.75 Å². The summed E-state index contributed by atoms with van der Waals surface area (Å²) in [4.78, 5) is 14.5. The first-order valence-electron chi connectivity index (χ1n) is 9.22. The highest BCUT2D eigenvalue weighted by Gasteiger charge is 2.28. The van der Waals surface area contributed by atoms with Crippen LogP contribution in [0.3, 0.4) is 0 Å². The minimum Gasteiger partial charge on any atom is -0.494 e. The van der Waals surface area contributed by atoms with E-state index in [1.54, 1.807) is 24.3 Å².